The van der Waals surface area contributed by atoms with Crippen LogP contribution in [-0.2, 0) is 5.41 Å². The van der Waals surface area contributed by atoms with E-state index in [2.05, 4.69) is 31.3 Å². The molecule has 3 heteroatoms. The Morgan fingerprint density at radius 2 is 1.76 bits per heavy atom. The van der Waals surface area contributed by atoms with Crippen LogP contribution in [0.15, 0.2) is 48.5 Å². The first kappa shape index (κ1) is 15.8. The van der Waals surface area contributed by atoms with Crippen LogP contribution in [0.3, 0.4) is 0 Å². The van der Waals surface area contributed by atoms with Gasteiger partial charge in [0.2, 0.25) is 0 Å². The molecular weight excluding hydrogens is 285 g/mol. The van der Waals surface area contributed by atoms with Gasteiger partial charge in [0.1, 0.15) is 5.82 Å². The third kappa shape index (κ3) is 3.98. The van der Waals surface area contributed by atoms with Gasteiger partial charge in [0.25, 0.3) is 0 Å². The molecule has 0 aliphatic carbocycles. The third-order valence-corrected chi connectivity index (χ3v) is 4.04. The number of rotatable bonds is 5. The topological polar surface area (TPSA) is 12.0 Å². The summed E-state index contributed by atoms with van der Waals surface area (Å²) in [5.41, 5.74) is 1.67. The molecule has 0 amide bonds. The minimum Gasteiger partial charge on any atom is -0.379 e. The molecule has 1 N–H and O–H groups in total. The second-order valence-electron chi connectivity index (χ2n) is 6.10. The van der Waals surface area contributed by atoms with E-state index in [1.165, 1.54) is 11.6 Å². The van der Waals surface area contributed by atoms with E-state index in [1.807, 2.05) is 25.1 Å². The van der Waals surface area contributed by atoms with Gasteiger partial charge in [-0.25, -0.2) is 4.39 Å². The van der Waals surface area contributed by atoms with Crippen LogP contribution in [0.2, 0.25) is 5.02 Å². The molecule has 0 aliphatic heterocycles. The molecular formula is C18H21ClFN. The minimum absolute atomic E-state index is 0.00537. The Balaban J connectivity index is 2.10. The number of nitrogens with one attached hydrogen (secondary N) is 1. The number of anilines is 1. The molecule has 0 saturated carbocycles. The first-order valence-corrected chi connectivity index (χ1v) is 7.54. The van der Waals surface area contributed by atoms with Crippen LogP contribution in [-0.4, -0.2) is 6.04 Å². The summed E-state index contributed by atoms with van der Waals surface area (Å²) < 4.78 is 13.8. The summed E-state index contributed by atoms with van der Waals surface area (Å²) in [4.78, 5) is 0. The summed E-state index contributed by atoms with van der Waals surface area (Å²) in [5, 5.41) is 3.61. The van der Waals surface area contributed by atoms with Crippen molar-refractivity contribution in [1.82, 2.24) is 0 Å². The Labute approximate surface area is 131 Å². The van der Waals surface area contributed by atoms with E-state index in [0.717, 1.165) is 6.42 Å². The maximum absolute atomic E-state index is 13.8. The van der Waals surface area contributed by atoms with E-state index in [9.17, 15) is 4.39 Å². The van der Waals surface area contributed by atoms with Crippen molar-refractivity contribution >= 4 is 17.3 Å². The van der Waals surface area contributed by atoms with Crippen molar-refractivity contribution in [3.8, 4) is 0 Å². The first-order chi connectivity index (χ1) is 9.90. The van der Waals surface area contributed by atoms with E-state index in [0.29, 0.717) is 10.7 Å². The van der Waals surface area contributed by atoms with Gasteiger partial charge in [0, 0.05) is 6.04 Å². The van der Waals surface area contributed by atoms with Crippen molar-refractivity contribution in [2.75, 3.05) is 5.32 Å². The van der Waals surface area contributed by atoms with Crippen LogP contribution in [0.4, 0.5) is 10.1 Å². The van der Waals surface area contributed by atoms with Gasteiger partial charge in [-0.15, -0.1) is 0 Å². The third-order valence-electron chi connectivity index (χ3n) is 3.73. The smallest absolute Gasteiger partial charge is 0.147 e. The van der Waals surface area contributed by atoms with Gasteiger partial charge in [-0.2, -0.15) is 0 Å². The molecule has 0 bridgehead atoms. The van der Waals surface area contributed by atoms with Crippen molar-refractivity contribution in [2.45, 2.75) is 38.6 Å². The van der Waals surface area contributed by atoms with Crippen molar-refractivity contribution < 1.29 is 4.39 Å². The SMILES string of the molecule is CC(CC(C)(C)c1ccccc1)Nc1c(F)cccc1Cl. The van der Waals surface area contributed by atoms with E-state index in [4.69, 9.17) is 11.6 Å². The molecule has 0 aromatic heterocycles. The molecule has 0 aliphatic rings. The zero-order chi connectivity index (χ0) is 15.5. The van der Waals surface area contributed by atoms with Crippen molar-refractivity contribution in [3.05, 3.63) is 64.9 Å². The van der Waals surface area contributed by atoms with Crippen LogP contribution in [0, 0.1) is 5.82 Å². The molecule has 0 saturated heterocycles. The highest BCUT2D eigenvalue weighted by Crippen LogP contribution is 2.31. The molecule has 0 radical (unpaired) electrons. The van der Waals surface area contributed by atoms with Gasteiger partial charge < -0.3 is 5.32 Å². The average Bonchev–Trinajstić information content (AvgIpc) is 2.43. The maximum atomic E-state index is 13.8. The molecule has 2 aromatic rings. The minimum atomic E-state index is -0.313. The van der Waals surface area contributed by atoms with Gasteiger partial charge in [0.15, 0.2) is 0 Å². The summed E-state index contributed by atoms with van der Waals surface area (Å²) in [6, 6.07) is 15.2. The number of hydrogen-bond donors (Lipinski definition) is 1. The summed E-state index contributed by atoms with van der Waals surface area (Å²) in [5.74, 6) is -0.313. The number of halogens is 2. The predicted octanol–water partition coefficient (Wildman–Crippen LogP) is 5.65. The summed E-state index contributed by atoms with van der Waals surface area (Å²) in [6.45, 7) is 6.44. The zero-order valence-corrected chi connectivity index (χ0v) is 13.4. The van der Waals surface area contributed by atoms with Crippen molar-refractivity contribution in [3.63, 3.8) is 0 Å². The first-order valence-electron chi connectivity index (χ1n) is 7.16. The summed E-state index contributed by atoms with van der Waals surface area (Å²) >= 11 is 6.06. The summed E-state index contributed by atoms with van der Waals surface area (Å²) in [6.07, 6.45) is 0.877. The number of para-hydroxylation sites is 1. The Kier molecular flexibility index (Phi) is 4.89. The lowest BCUT2D eigenvalue weighted by atomic mass is 9.79. The number of hydrogen-bond acceptors (Lipinski definition) is 1. The lowest BCUT2D eigenvalue weighted by Gasteiger charge is -2.30. The lowest BCUT2D eigenvalue weighted by Crippen LogP contribution is -2.28. The van der Waals surface area contributed by atoms with E-state index in [1.54, 1.807) is 12.1 Å². The highest BCUT2D eigenvalue weighted by molar-refractivity contribution is 6.33. The van der Waals surface area contributed by atoms with Crippen LogP contribution >= 0.6 is 11.6 Å². The molecule has 0 fully saturated rings. The molecule has 0 heterocycles. The second-order valence-corrected chi connectivity index (χ2v) is 6.50. The Hall–Kier alpha value is -1.54. The molecule has 2 aromatic carbocycles. The molecule has 1 unspecified atom stereocenters. The fourth-order valence-electron chi connectivity index (χ4n) is 2.71. The highest BCUT2D eigenvalue weighted by atomic mass is 35.5. The zero-order valence-electron chi connectivity index (χ0n) is 12.7. The van der Waals surface area contributed by atoms with Crippen molar-refractivity contribution in [2.24, 2.45) is 0 Å². The summed E-state index contributed by atoms with van der Waals surface area (Å²) in [7, 11) is 0. The van der Waals surface area contributed by atoms with Gasteiger partial charge in [-0.05, 0) is 36.5 Å². The monoisotopic (exact) mass is 305 g/mol. The Bertz CT molecular complexity index is 575. The van der Waals surface area contributed by atoms with Gasteiger partial charge in [-0.1, -0.05) is 61.8 Å². The van der Waals surface area contributed by atoms with E-state index >= 15 is 0 Å². The molecule has 112 valence electrons. The predicted molar refractivity (Wildman–Crippen MR) is 88.6 cm³/mol. The number of benzene rings is 2. The molecule has 21 heavy (non-hydrogen) atoms. The molecule has 1 atom stereocenters. The van der Waals surface area contributed by atoms with Crippen LogP contribution in [0.25, 0.3) is 0 Å². The fraction of sp³-hybridized carbons (Fsp3) is 0.333. The van der Waals surface area contributed by atoms with Gasteiger partial charge in [-0.3, -0.25) is 0 Å². The molecule has 1 nitrogen and oxygen atoms in total. The molecule has 0 spiro atoms. The average molecular weight is 306 g/mol. The normalized spacial score (nSPS) is 13.0. The lowest BCUT2D eigenvalue weighted by molar-refractivity contribution is 0.449. The quantitative estimate of drug-likeness (QED) is 0.753. The largest absolute Gasteiger partial charge is 0.379 e. The second kappa shape index (κ2) is 6.48. The standard InChI is InChI=1S/C18H21ClFN/c1-13(21-17-15(19)10-7-11-16(17)20)12-18(2,3)14-8-5-4-6-9-14/h4-11,13,21H,12H2,1-3H3. The van der Waals surface area contributed by atoms with Gasteiger partial charge in [0.05, 0.1) is 10.7 Å². The Morgan fingerprint density at radius 1 is 1.10 bits per heavy atom. The van der Waals surface area contributed by atoms with Crippen LogP contribution < -0.4 is 5.32 Å². The van der Waals surface area contributed by atoms with Crippen LogP contribution in [0.1, 0.15) is 32.8 Å². The Morgan fingerprint density at radius 3 is 2.38 bits per heavy atom. The van der Waals surface area contributed by atoms with E-state index in [-0.39, 0.29) is 17.3 Å². The maximum Gasteiger partial charge on any atom is 0.147 e. The van der Waals surface area contributed by atoms with Crippen molar-refractivity contribution in [1.29, 1.82) is 0 Å². The van der Waals surface area contributed by atoms with E-state index < -0.39 is 0 Å². The highest BCUT2D eigenvalue weighted by Gasteiger charge is 2.23. The molecule has 2 rings (SSSR count). The fourth-order valence-corrected chi connectivity index (χ4v) is 2.92. The van der Waals surface area contributed by atoms with Gasteiger partial charge >= 0.3 is 0 Å². The van der Waals surface area contributed by atoms with Crippen LogP contribution in [0.5, 0.6) is 0 Å².